The Balaban J connectivity index is 1.38. The summed E-state index contributed by atoms with van der Waals surface area (Å²) in [5, 5.41) is 6.92. The predicted molar refractivity (Wildman–Crippen MR) is 88.4 cm³/mol. The number of allylic oxidation sites excluding steroid dienone is 4. The Kier molecular flexibility index (Phi) is 4.01. The predicted octanol–water partition coefficient (Wildman–Crippen LogP) is 3.61. The summed E-state index contributed by atoms with van der Waals surface area (Å²) in [6.07, 6.45) is 4.08. The summed E-state index contributed by atoms with van der Waals surface area (Å²) in [6.45, 7) is 2.12. The number of hydrogen-bond acceptors (Lipinski definition) is 2. The summed E-state index contributed by atoms with van der Waals surface area (Å²) >= 11 is 0. The van der Waals surface area contributed by atoms with E-state index < -0.39 is 11.7 Å². The van der Waals surface area contributed by atoms with Gasteiger partial charge in [0.2, 0.25) is 0 Å². The lowest BCUT2D eigenvalue weighted by Crippen LogP contribution is -2.56. The fourth-order valence-electron chi connectivity index (χ4n) is 3.63. The standard InChI is InChI=1S/C19H21F3N2/c20-19(21,22)15-3-1-2-14(8-15)12-4-6-13(7-5-12)17-9-18(17)24-16-10-23-11-16/h1-6,8,13,16-18,23-24H,7,9-11H2/t13?,17-,18+/m1/s1. The molecule has 0 amide bonds. The van der Waals surface area contributed by atoms with E-state index in [1.165, 1.54) is 18.6 Å². The molecule has 3 atom stereocenters. The molecule has 1 aromatic rings. The Morgan fingerprint density at radius 3 is 2.62 bits per heavy atom. The quantitative estimate of drug-likeness (QED) is 0.879. The SMILES string of the molecule is FC(F)(F)c1cccc(C2=CCC([C@H]3C[C@@H]3NC3CNC3)C=C2)c1. The van der Waals surface area contributed by atoms with Gasteiger partial charge in [-0.3, -0.25) is 0 Å². The second-order valence-electron chi connectivity index (χ2n) is 7.02. The normalized spacial score (nSPS) is 30.0. The van der Waals surface area contributed by atoms with Crippen molar-refractivity contribution in [3.63, 3.8) is 0 Å². The first-order valence-electron chi connectivity index (χ1n) is 8.53. The van der Waals surface area contributed by atoms with Gasteiger partial charge in [0.05, 0.1) is 5.56 Å². The molecule has 2 fully saturated rings. The van der Waals surface area contributed by atoms with Crippen molar-refractivity contribution in [2.45, 2.75) is 31.1 Å². The van der Waals surface area contributed by atoms with E-state index in [4.69, 9.17) is 0 Å². The molecule has 1 unspecified atom stereocenters. The number of benzene rings is 1. The van der Waals surface area contributed by atoms with E-state index in [0.717, 1.165) is 31.1 Å². The average Bonchev–Trinajstić information content (AvgIpc) is 3.30. The lowest BCUT2D eigenvalue weighted by molar-refractivity contribution is -0.137. The van der Waals surface area contributed by atoms with Gasteiger partial charge >= 0.3 is 6.18 Å². The van der Waals surface area contributed by atoms with Crippen LogP contribution in [-0.2, 0) is 6.18 Å². The summed E-state index contributed by atoms with van der Waals surface area (Å²) in [7, 11) is 0. The van der Waals surface area contributed by atoms with E-state index in [1.807, 2.05) is 6.08 Å². The maximum absolute atomic E-state index is 12.8. The van der Waals surface area contributed by atoms with Crippen LogP contribution in [0.5, 0.6) is 0 Å². The Morgan fingerprint density at radius 2 is 2.00 bits per heavy atom. The highest BCUT2D eigenvalue weighted by molar-refractivity contribution is 5.75. The van der Waals surface area contributed by atoms with E-state index in [2.05, 4.69) is 22.8 Å². The highest BCUT2D eigenvalue weighted by Gasteiger charge is 2.43. The zero-order valence-electron chi connectivity index (χ0n) is 13.3. The molecule has 1 saturated heterocycles. The summed E-state index contributed by atoms with van der Waals surface area (Å²) in [4.78, 5) is 0. The zero-order valence-corrected chi connectivity index (χ0v) is 13.3. The van der Waals surface area contributed by atoms with Gasteiger partial charge in [0.25, 0.3) is 0 Å². The van der Waals surface area contributed by atoms with Crippen LogP contribution >= 0.6 is 0 Å². The third kappa shape index (κ3) is 3.28. The van der Waals surface area contributed by atoms with Gasteiger partial charge < -0.3 is 10.6 Å². The summed E-state index contributed by atoms with van der Waals surface area (Å²) in [5.74, 6) is 1.17. The number of hydrogen-bond donors (Lipinski definition) is 2. The fraction of sp³-hybridized carbons (Fsp3) is 0.474. The molecule has 1 heterocycles. The third-order valence-corrected chi connectivity index (χ3v) is 5.28. The first kappa shape index (κ1) is 15.9. The largest absolute Gasteiger partial charge is 0.416 e. The monoisotopic (exact) mass is 334 g/mol. The lowest BCUT2D eigenvalue weighted by atomic mass is 9.89. The van der Waals surface area contributed by atoms with E-state index in [0.29, 0.717) is 29.5 Å². The average molecular weight is 334 g/mol. The molecule has 3 aliphatic rings. The minimum Gasteiger partial charge on any atom is -0.314 e. The Bertz CT molecular complexity index is 673. The molecule has 0 bridgehead atoms. The van der Waals surface area contributed by atoms with E-state index in [-0.39, 0.29) is 0 Å². The highest BCUT2D eigenvalue weighted by atomic mass is 19.4. The molecule has 1 aromatic carbocycles. The summed E-state index contributed by atoms with van der Waals surface area (Å²) in [5.41, 5.74) is 0.952. The lowest BCUT2D eigenvalue weighted by Gasteiger charge is -2.29. The molecule has 1 saturated carbocycles. The minimum atomic E-state index is -4.29. The molecular formula is C19H21F3N2. The smallest absolute Gasteiger partial charge is 0.314 e. The molecule has 0 aromatic heterocycles. The van der Waals surface area contributed by atoms with Gasteiger partial charge in [0, 0.05) is 25.2 Å². The molecule has 0 spiro atoms. The first-order chi connectivity index (χ1) is 11.5. The molecule has 24 heavy (non-hydrogen) atoms. The zero-order chi connectivity index (χ0) is 16.7. The van der Waals surface area contributed by atoms with Crippen LogP contribution in [0.1, 0.15) is 24.0 Å². The van der Waals surface area contributed by atoms with Crippen molar-refractivity contribution in [2.75, 3.05) is 13.1 Å². The summed E-state index contributed by atoms with van der Waals surface area (Å²) < 4.78 is 38.5. The maximum atomic E-state index is 12.8. The maximum Gasteiger partial charge on any atom is 0.416 e. The van der Waals surface area contributed by atoms with Gasteiger partial charge in [0.15, 0.2) is 0 Å². The Morgan fingerprint density at radius 1 is 1.17 bits per heavy atom. The second kappa shape index (κ2) is 6.05. The minimum absolute atomic E-state index is 0.505. The van der Waals surface area contributed by atoms with Crippen molar-refractivity contribution < 1.29 is 13.2 Å². The molecule has 2 aliphatic carbocycles. The van der Waals surface area contributed by atoms with Crippen LogP contribution in [0, 0.1) is 11.8 Å². The van der Waals surface area contributed by atoms with Crippen molar-refractivity contribution >= 4 is 5.57 Å². The molecule has 4 rings (SSSR count). The number of rotatable bonds is 4. The van der Waals surface area contributed by atoms with Crippen molar-refractivity contribution in [1.29, 1.82) is 0 Å². The van der Waals surface area contributed by atoms with Gasteiger partial charge in [0.1, 0.15) is 0 Å². The highest BCUT2D eigenvalue weighted by Crippen LogP contribution is 2.43. The van der Waals surface area contributed by atoms with Crippen molar-refractivity contribution in [3.05, 3.63) is 53.6 Å². The van der Waals surface area contributed by atoms with E-state index in [1.54, 1.807) is 6.07 Å². The van der Waals surface area contributed by atoms with Crippen LogP contribution in [0.4, 0.5) is 13.2 Å². The van der Waals surface area contributed by atoms with Crippen molar-refractivity contribution in [3.8, 4) is 0 Å². The van der Waals surface area contributed by atoms with Gasteiger partial charge in [-0.15, -0.1) is 0 Å². The van der Waals surface area contributed by atoms with Crippen molar-refractivity contribution in [1.82, 2.24) is 10.6 Å². The van der Waals surface area contributed by atoms with Gasteiger partial charge in [-0.1, -0.05) is 30.4 Å². The van der Waals surface area contributed by atoms with E-state index >= 15 is 0 Å². The number of alkyl halides is 3. The van der Waals surface area contributed by atoms with Crippen LogP contribution < -0.4 is 10.6 Å². The number of nitrogens with one attached hydrogen (secondary N) is 2. The van der Waals surface area contributed by atoms with Gasteiger partial charge in [-0.25, -0.2) is 0 Å². The third-order valence-electron chi connectivity index (χ3n) is 5.28. The summed E-state index contributed by atoms with van der Waals surface area (Å²) in [6, 6.07) is 6.80. The van der Waals surface area contributed by atoms with Gasteiger partial charge in [-0.05, 0) is 47.9 Å². The van der Waals surface area contributed by atoms with Crippen LogP contribution in [-0.4, -0.2) is 25.2 Å². The molecule has 0 radical (unpaired) electrons. The number of halogens is 3. The molecular weight excluding hydrogens is 313 g/mol. The Hall–Kier alpha value is -1.59. The van der Waals surface area contributed by atoms with Gasteiger partial charge in [-0.2, -0.15) is 13.2 Å². The molecule has 1 aliphatic heterocycles. The fourth-order valence-corrected chi connectivity index (χ4v) is 3.63. The van der Waals surface area contributed by atoms with Crippen LogP contribution in [0.15, 0.2) is 42.5 Å². The van der Waals surface area contributed by atoms with Crippen molar-refractivity contribution in [2.24, 2.45) is 11.8 Å². The topological polar surface area (TPSA) is 24.1 Å². The molecule has 128 valence electrons. The first-order valence-corrected chi connectivity index (χ1v) is 8.53. The van der Waals surface area contributed by atoms with E-state index in [9.17, 15) is 13.2 Å². The molecule has 2 N–H and O–H groups in total. The van der Waals surface area contributed by atoms with Crippen LogP contribution in [0.25, 0.3) is 5.57 Å². The van der Waals surface area contributed by atoms with Crippen LogP contribution in [0.3, 0.4) is 0 Å². The second-order valence-corrected chi connectivity index (χ2v) is 7.02. The molecule has 2 nitrogen and oxygen atoms in total. The molecule has 5 heteroatoms. The van der Waals surface area contributed by atoms with Crippen LogP contribution in [0.2, 0.25) is 0 Å². The Labute approximate surface area is 139 Å².